The lowest BCUT2D eigenvalue weighted by molar-refractivity contribution is -0.118. The molecule has 29 heavy (non-hydrogen) atoms. The molecule has 2 heterocycles. The first-order chi connectivity index (χ1) is 14.0. The number of halogens is 2. The molecule has 0 atom stereocenters. The van der Waals surface area contributed by atoms with Crippen LogP contribution in [0.15, 0.2) is 43.1 Å². The second kappa shape index (κ2) is 9.74. The van der Waals surface area contributed by atoms with Gasteiger partial charge in [-0.05, 0) is 24.6 Å². The van der Waals surface area contributed by atoms with Gasteiger partial charge in [0, 0.05) is 55.4 Å². The van der Waals surface area contributed by atoms with Gasteiger partial charge in [-0.15, -0.1) is 0 Å². The van der Waals surface area contributed by atoms with Crippen LogP contribution in [0.4, 0.5) is 21.8 Å². The van der Waals surface area contributed by atoms with Crippen LogP contribution in [0.1, 0.15) is 13.3 Å². The van der Waals surface area contributed by atoms with Crippen LogP contribution in [-0.2, 0) is 4.79 Å². The van der Waals surface area contributed by atoms with Crippen LogP contribution in [0.3, 0.4) is 0 Å². The minimum atomic E-state index is -0.501. The summed E-state index contributed by atoms with van der Waals surface area (Å²) in [4.78, 5) is 27.9. The zero-order valence-corrected chi connectivity index (χ0v) is 16.4. The number of aromatic nitrogens is 4. The van der Waals surface area contributed by atoms with E-state index in [9.17, 15) is 9.18 Å². The molecular weight excluding hydrogens is 397 g/mol. The first-order valence-corrected chi connectivity index (χ1v) is 9.23. The fraction of sp³-hybridized carbons (Fsp3) is 0.211. The molecule has 2 aromatic heterocycles. The second-order valence-corrected chi connectivity index (χ2v) is 6.51. The molecule has 0 bridgehead atoms. The minimum absolute atomic E-state index is 0.00405. The van der Waals surface area contributed by atoms with Gasteiger partial charge < -0.3 is 16.0 Å². The van der Waals surface area contributed by atoms with E-state index in [2.05, 4.69) is 35.9 Å². The summed E-state index contributed by atoms with van der Waals surface area (Å²) in [5.74, 6) is 0.323. The van der Waals surface area contributed by atoms with Crippen molar-refractivity contribution in [2.24, 2.45) is 0 Å². The highest BCUT2D eigenvalue weighted by molar-refractivity contribution is 6.31. The molecule has 0 spiro atoms. The van der Waals surface area contributed by atoms with Gasteiger partial charge in [0.25, 0.3) is 0 Å². The van der Waals surface area contributed by atoms with Crippen molar-refractivity contribution >= 4 is 35.0 Å². The molecule has 10 heteroatoms. The third-order valence-corrected chi connectivity index (χ3v) is 4.15. The van der Waals surface area contributed by atoms with Gasteiger partial charge in [-0.2, -0.15) is 4.98 Å². The molecule has 3 rings (SSSR count). The average Bonchev–Trinajstić information content (AvgIpc) is 2.71. The Kier molecular flexibility index (Phi) is 6.85. The summed E-state index contributed by atoms with van der Waals surface area (Å²) in [5.41, 5.74) is 2.05. The van der Waals surface area contributed by atoms with Crippen LogP contribution >= 0.6 is 11.6 Å². The normalized spacial score (nSPS) is 10.4. The SMILES string of the molecule is CC(=O)NCCCNc1nc(Nc2ccc(F)c(Cl)c2)ncc1-c1cncnc1. The number of hydrogen-bond acceptors (Lipinski definition) is 7. The maximum atomic E-state index is 13.4. The predicted molar refractivity (Wildman–Crippen MR) is 110 cm³/mol. The lowest BCUT2D eigenvalue weighted by atomic mass is 10.1. The molecule has 3 aromatic rings. The van der Waals surface area contributed by atoms with Gasteiger partial charge >= 0.3 is 0 Å². The zero-order valence-electron chi connectivity index (χ0n) is 15.6. The Hall–Kier alpha value is -3.33. The van der Waals surface area contributed by atoms with Gasteiger partial charge in [0.1, 0.15) is 18.0 Å². The van der Waals surface area contributed by atoms with E-state index in [1.165, 1.54) is 25.4 Å². The Labute approximate surface area is 172 Å². The molecule has 0 radical (unpaired) electrons. The highest BCUT2D eigenvalue weighted by Gasteiger charge is 2.11. The number of carbonyl (C=O) groups is 1. The smallest absolute Gasteiger partial charge is 0.229 e. The van der Waals surface area contributed by atoms with E-state index in [0.29, 0.717) is 37.0 Å². The fourth-order valence-electron chi connectivity index (χ4n) is 2.49. The topological polar surface area (TPSA) is 105 Å². The number of nitrogens with one attached hydrogen (secondary N) is 3. The van der Waals surface area contributed by atoms with Crippen molar-refractivity contribution in [3.05, 3.63) is 54.0 Å². The molecule has 0 aliphatic rings. The lowest BCUT2D eigenvalue weighted by Crippen LogP contribution is -2.23. The van der Waals surface area contributed by atoms with Gasteiger partial charge in [0.15, 0.2) is 0 Å². The van der Waals surface area contributed by atoms with Crippen molar-refractivity contribution in [1.82, 2.24) is 25.3 Å². The lowest BCUT2D eigenvalue weighted by Gasteiger charge is -2.13. The van der Waals surface area contributed by atoms with Crippen LogP contribution < -0.4 is 16.0 Å². The fourth-order valence-corrected chi connectivity index (χ4v) is 2.67. The Morgan fingerprint density at radius 3 is 2.69 bits per heavy atom. The first kappa shape index (κ1) is 20.4. The van der Waals surface area contributed by atoms with Crippen molar-refractivity contribution in [2.45, 2.75) is 13.3 Å². The van der Waals surface area contributed by atoms with E-state index < -0.39 is 5.82 Å². The van der Waals surface area contributed by atoms with E-state index in [1.54, 1.807) is 24.7 Å². The van der Waals surface area contributed by atoms with Crippen molar-refractivity contribution < 1.29 is 9.18 Å². The predicted octanol–water partition coefficient (Wildman–Crippen LogP) is 3.41. The molecular formula is C19H19ClFN7O. The van der Waals surface area contributed by atoms with E-state index in [1.807, 2.05) is 0 Å². The number of anilines is 3. The number of hydrogen-bond donors (Lipinski definition) is 3. The van der Waals surface area contributed by atoms with Crippen molar-refractivity contribution in [2.75, 3.05) is 23.7 Å². The molecule has 0 unspecified atom stereocenters. The molecule has 0 aliphatic carbocycles. The Morgan fingerprint density at radius 1 is 1.17 bits per heavy atom. The average molecular weight is 416 g/mol. The van der Waals surface area contributed by atoms with Crippen LogP contribution in [0.5, 0.6) is 0 Å². The second-order valence-electron chi connectivity index (χ2n) is 6.10. The van der Waals surface area contributed by atoms with Crippen molar-refractivity contribution in [3.63, 3.8) is 0 Å². The third kappa shape index (κ3) is 5.82. The summed E-state index contributed by atoms with van der Waals surface area (Å²) >= 11 is 5.83. The molecule has 3 N–H and O–H groups in total. The minimum Gasteiger partial charge on any atom is -0.369 e. The van der Waals surface area contributed by atoms with E-state index >= 15 is 0 Å². The summed E-state index contributed by atoms with van der Waals surface area (Å²) < 4.78 is 13.4. The van der Waals surface area contributed by atoms with Crippen molar-refractivity contribution in [3.8, 4) is 11.1 Å². The summed E-state index contributed by atoms with van der Waals surface area (Å²) in [7, 11) is 0. The summed E-state index contributed by atoms with van der Waals surface area (Å²) in [5, 5.41) is 9.00. The van der Waals surface area contributed by atoms with Gasteiger partial charge in [0.2, 0.25) is 11.9 Å². The number of amides is 1. The maximum absolute atomic E-state index is 13.4. The van der Waals surface area contributed by atoms with Crippen LogP contribution in [0.2, 0.25) is 5.02 Å². The quantitative estimate of drug-likeness (QED) is 0.484. The largest absolute Gasteiger partial charge is 0.369 e. The standard InChI is InChI=1S/C19H19ClFN7O/c1-12(29)24-5-2-6-25-18-15(13-8-22-11-23-9-13)10-26-19(28-18)27-14-3-4-17(21)16(20)7-14/h3-4,7-11H,2,5-6H2,1H3,(H,24,29)(H2,25,26,27,28). The highest BCUT2D eigenvalue weighted by atomic mass is 35.5. The van der Waals surface area contributed by atoms with Crippen LogP contribution in [0.25, 0.3) is 11.1 Å². The maximum Gasteiger partial charge on any atom is 0.229 e. The highest BCUT2D eigenvalue weighted by Crippen LogP contribution is 2.27. The number of benzene rings is 1. The molecule has 0 fully saturated rings. The Morgan fingerprint density at radius 2 is 1.97 bits per heavy atom. The number of rotatable bonds is 8. The molecule has 150 valence electrons. The van der Waals surface area contributed by atoms with Gasteiger partial charge in [-0.25, -0.2) is 19.3 Å². The molecule has 8 nitrogen and oxygen atoms in total. The monoisotopic (exact) mass is 415 g/mol. The zero-order chi connectivity index (χ0) is 20.6. The summed E-state index contributed by atoms with van der Waals surface area (Å²) in [6.07, 6.45) is 7.14. The molecule has 1 amide bonds. The van der Waals surface area contributed by atoms with Crippen molar-refractivity contribution in [1.29, 1.82) is 0 Å². The van der Waals surface area contributed by atoms with E-state index in [4.69, 9.17) is 11.6 Å². The molecule has 1 aromatic carbocycles. The van der Waals surface area contributed by atoms with Gasteiger partial charge in [-0.1, -0.05) is 11.6 Å². The van der Waals surface area contributed by atoms with Gasteiger partial charge in [0.05, 0.1) is 5.02 Å². The molecule has 0 saturated heterocycles. The van der Waals surface area contributed by atoms with E-state index in [0.717, 1.165) is 11.1 Å². The Balaban J connectivity index is 1.79. The van der Waals surface area contributed by atoms with Crippen LogP contribution in [0, 0.1) is 5.82 Å². The summed E-state index contributed by atoms with van der Waals surface area (Å²) in [6.45, 7) is 2.61. The van der Waals surface area contributed by atoms with Gasteiger partial charge in [-0.3, -0.25) is 4.79 Å². The summed E-state index contributed by atoms with van der Waals surface area (Å²) in [6, 6.07) is 4.27. The Bertz CT molecular complexity index is 988. The number of carbonyl (C=O) groups excluding carboxylic acids is 1. The third-order valence-electron chi connectivity index (χ3n) is 3.86. The molecule has 0 saturated carbocycles. The molecule has 0 aliphatic heterocycles. The van der Waals surface area contributed by atoms with E-state index in [-0.39, 0.29) is 10.9 Å². The number of nitrogens with zero attached hydrogens (tertiary/aromatic N) is 4. The first-order valence-electron chi connectivity index (χ1n) is 8.86. The van der Waals surface area contributed by atoms with Crippen LogP contribution in [-0.4, -0.2) is 38.9 Å².